The van der Waals surface area contributed by atoms with Gasteiger partial charge in [-0.25, -0.2) is 4.79 Å². The number of rotatable bonds is 2. The summed E-state index contributed by atoms with van der Waals surface area (Å²) in [5.41, 5.74) is 2.91. The lowest BCUT2D eigenvalue weighted by molar-refractivity contribution is -0.140. The highest BCUT2D eigenvalue weighted by molar-refractivity contribution is 5.67. The molecule has 1 aromatic carbocycles. The first-order valence-electron chi connectivity index (χ1n) is 7.17. The molecule has 0 heterocycles. The fraction of sp³-hybridized carbons (Fsp3) is 0.500. The fourth-order valence-corrected chi connectivity index (χ4v) is 1.92. The van der Waals surface area contributed by atoms with E-state index in [4.69, 9.17) is 15.0 Å². The second-order valence-corrected chi connectivity index (χ2v) is 7.22. The highest BCUT2D eigenvalue weighted by Gasteiger charge is 2.25. The van der Waals surface area contributed by atoms with Crippen molar-refractivity contribution in [3.05, 3.63) is 35.4 Å². The van der Waals surface area contributed by atoms with Gasteiger partial charge in [0.1, 0.15) is 12.4 Å². The summed E-state index contributed by atoms with van der Waals surface area (Å²) in [6.07, 6.45) is 1.84. The van der Waals surface area contributed by atoms with Crippen LogP contribution in [0.5, 0.6) is 5.75 Å². The summed E-state index contributed by atoms with van der Waals surface area (Å²) in [5, 5.41) is 25.5. The lowest BCUT2D eigenvalue weighted by Gasteiger charge is -2.27. The van der Waals surface area contributed by atoms with Crippen LogP contribution in [0.2, 0.25) is 0 Å². The van der Waals surface area contributed by atoms with E-state index in [1.54, 1.807) is 0 Å². The molecule has 0 aliphatic carbocycles. The van der Waals surface area contributed by atoms with Crippen molar-refractivity contribution in [3.8, 4) is 5.75 Å². The predicted octanol–water partition coefficient (Wildman–Crippen LogP) is 3.69. The molecule has 0 spiro atoms. The molecule has 0 amide bonds. The summed E-state index contributed by atoms with van der Waals surface area (Å²) in [6, 6.07) is 4.05. The molecule has 4 nitrogen and oxygen atoms in total. The van der Waals surface area contributed by atoms with Gasteiger partial charge in [0.2, 0.25) is 0 Å². The van der Waals surface area contributed by atoms with E-state index in [0.717, 1.165) is 16.7 Å². The Balaban J connectivity index is 0.000000763. The Morgan fingerprint density at radius 3 is 1.59 bits per heavy atom. The molecule has 0 fully saturated rings. The molecule has 0 saturated carbocycles. The van der Waals surface area contributed by atoms with Crippen LogP contribution in [0.1, 0.15) is 58.2 Å². The number of aliphatic carboxylic acids is 1. The number of aliphatic hydroxyl groups excluding tert-OH is 1. The number of aliphatic hydroxyl groups is 1. The van der Waals surface area contributed by atoms with E-state index < -0.39 is 12.6 Å². The van der Waals surface area contributed by atoms with E-state index in [0.29, 0.717) is 5.75 Å². The maximum Gasteiger partial charge on any atom is 0.329 e. The zero-order valence-corrected chi connectivity index (χ0v) is 14.4. The molecule has 0 aromatic heterocycles. The number of carbonyl (C=O) groups is 1. The first-order valence-corrected chi connectivity index (χ1v) is 7.17. The molecule has 1 rings (SSSR count). The van der Waals surface area contributed by atoms with E-state index in [-0.39, 0.29) is 10.8 Å². The second kappa shape index (κ2) is 7.45. The third-order valence-corrected chi connectivity index (χ3v) is 3.12. The minimum absolute atomic E-state index is 0.0664. The summed E-state index contributed by atoms with van der Waals surface area (Å²) in [5.74, 6) is -0.763. The summed E-state index contributed by atoms with van der Waals surface area (Å²) in [4.78, 5) is 9.12. The van der Waals surface area contributed by atoms with Crippen molar-refractivity contribution in [1.29, 1.82) is 0 Å². The molecule has 0 bridgehead atoms. The van der Waals surface area contributed by atoms with Crippen molar-refractivity contribution in [1.82, 2.24) is 0 Å². The van der Waals surface area contributed by atoms with Crippen LogP contribution >= 0.6 is 0 Å². The lowest BCUT2D eigenvalue weighted by atomic mass is 9.78. The Hall–Kier alpha value is -1.81. The van der Waals surface area contributed by atoms with E-state index in [1.165, 1.54) is 0 Å². The Morgan fingerprint density at radius 2 is 1.41 bits per heavy atom. The second-order valence-electron chi connectivity index (χ2n) is 7.22. The van der Waals surface area contributed by atoms with Crippen molar-refractivity contribution in [2.24, 2.45) is 0 Å². The SMILES string of the molecule is C=Cc1cc(C(C)(C)C)c(O)c(C(C)(C)C)c1.O=C(O)CO. The number of benzene rings is 1. The fourth-order valence-electron chi connectivity index (χ4n) is 1.92. The van der Waals surface area contributed by atoms with E-state index in [9.17, 15) is 5.11 Å². The minimum Gasteiger partial charge on any atom is -0.507 e. The van der Waals surface area contributed by atoms with Crippen molar-refractivity contribution >= 4 is 12.0 Å². The third-order valence-electron chi connectivity index (χ3n) is 3.12. The quantitative estimate of drug-likeness (QED) is 0.778. The van der Waals surface area contributed by atoms with Crippen LogP contribution in [0.4, 0.5) is 0 Å². The summed E-state index contributed by atoms with van der Waals surface area (Å²) in [6.45, 7) is 15.7. The van der Waals surface area contributed by atoms with Gasteiger partial charge >= 0.3 is 5.97 Å². The van der Waals surface area contributed by atoms with Crippen molar-refractivity contribution in [3.63, 3.8) is 0 Å². The van der Waals surface area contributed by atoms with Gasteiger partial charge < -0.3 is 15.3 Å². The number of carboxylic acid groups (broad SMARTS) is 1. The lowest BCUT2D eigenvalue weighted by Crippen LogP contribution is -2.17. The molecule has 1 aromatic rings. The van der Waals surface area contributed by atoms with Crippen LogP contribution in [0.15, 0.2) is 18.7 Å². The smallest absolute Gasteiger partial charge is 0.329 e. The molecule has 0 unspecified atom stereocenters. The predicted molar refractivity (Wildman–Crippen MR) is 90.3 cm³/mol. The molecule has 0 aliphatic rings. The van der Waals surface area contributed by atoms with Crippen LogP contribution in [0.3, 0.4) is 0 Å². The van der Waals surface area contributed by atoms with Crippen LogP contribution in [0.25, 0.3) is 6.08 Å². The first-order chi connectivity index (χ1) is 9.84. The maximum absolute atomic E-state index is 10.4. The van der Waals surface area contributed by atoms with E-state index in [1.807, 2.05) is 18.2 Å². The molecule has 3 N–H and O–H groups in total. The zero-order valence-electron chi connectivity index (χ0n) is 14.4. The molecular formula is C18H28O4. The highest BCUT2D eigenvalue weighted by Crippen LogP contribution is 2.39. The number of carboxylic acids is 1. The van der Waals surface area contributed by atoms with Crippen molar-refractivity contribution in [2.75, 3.05) is 6.61 Å². The summed E-state index contributed by atoms with van der Waals surface area (Å²) >= 11 is 0. The molecule has 0 atom stereocenters. The van der Waals surface area contributed by atoms with Gasteiger partial charge in [-0.3, -0.25) is 0 Å². The van der Waals surface area contributed by atoms with Crippen molar-refractivity contribution in [2.45, 2.75) is 52.4 Å². The van der Waals surface area contributed by atoms with Crippen LogP contribution in [-0.2, 0) is 15.6 Å². The molecule has 124 valence electrons. The molecule has 22 heavy (non-hydrogen) atoms. The number of hydrogen-bond acceptors (Lipinski definition) is 3. The number of aromatic hydroxyl groups is 1. The van der Waals surface area contributed by atoms with Crippen LogP contribution in [0, 0.1) is 0 Å². The Labute approximate surface area is 133 Å². The van der Waals surface area contributed by atoms with Gasteiger partial charge in [-0.15, -0.1) is 0 Å². The third kappa shape index (κ3) is 5.90. The van der Waals surface area contributed by atoms with Gasteiger partial charge in [-0.1, -0.05) is 54.2 Å². The molecule has 0 aliphatic heterocycles. The Bertz CT molecular complexity index is 496. The van der Waals surface area contributed by atoms with Gasteiger partial charge in [0, 0.05) is 11.1 Å². The topological polar surface area (TPSA) is 77.8 Å². The van der Waals surface area contributed by atoms with Gasteiger partial charge in [0.05, 0.1) is 0 Å². The van der Waals surface area contributed by atoms with E-state index in [2.05, 4.69) is 48.1 Å². The summed E-state index contributed by atoms with van der Waals surface area (Å²) in [7, 11) is 0. The molecule has 0 saturated heterocycles. The van der Waals surface area contributed by atoms with Crippen LogP contribution in [-0.4, -0.2) is 27.9 Å². The first kappa shape index (κ1) is 20.2. The maximum atomic E-state index is 10.4. The molecule has 0 radical (unpaired) electrons. The highest BCUT2D eigenvalue weighted by atomic mass is 16.4. The Morgan fingerprint density at radius 1 is 1.09 bits per heavy atom. The summed E-state index contributed by atoms with van der Waals surface area (Å²) < 4.78 is 0. The van der Waals surface area contributed by atoms with Gasteiger partial charge in [-0.2, -0.15) is 0 Å². The van der Waals surface area contributed by atoms with Gasteiger partial charge in [-0.05, 0) is 28.5 Å². The van der Waals surface area contributed by atoms with Crippen molar-refractivity contribution < 1.29 is 20.1 Å². The molecule has 4 heteroatoms. The van der Waals surface area contributed by atoms with Crippen LogP contribution < -0.4 is 0 Å². The monoisotopic (exact) mass is 308 g/mol. The van der Waals surface area contributed by atoms with Gasteiger partial charge in [0.25, 0.3) is 0 Å². The number of hydrogen-bond donors (Lipinski definition) is 3. The normalized spacial score (nSPS) is 11.4. The van der Waals surface area contributed by atoms with Gasteiger partial charge in [0.15, 0.2) is 0 Å². The minimum atomic E-state index is -1.19. The standard InChI is InChI=1S/C16H24O.C2H4O3/c1-8-11-9-12(15(2,3)4)14(17)13(10-11)16(5,6)7;3-1-2(4)5/h8-10,17H,1H2,2-7H3;3H,1H2,(H,4,5). The largest absolute Gasteiger partial charge is 0.507 e. The average Bonchev–Trinajstić information content (AvgIpc) is 2.36. The number of phenolic OH excluding ortho intramolecular Hbond substituents is 1. The number of phenols is 1. The zero-order chi connectivity index (χ0) is 17.7. The molecular weight excluding hydrogens is 280 g/mol. The Kier molecular flexibility index (Phi) is 6.84. The average molecular weight is 308 g/mol. The van der Waals surface area contributed by atoms with E-state index >= 15 is 0 Å².